The molecule has 1 amide bonds. The summed E-state index contributed by atoms with van der Waals surface area (Å²) in [6, 6.07) is 12.4. The Labute approximate surface area is 181 Å². The predicted octanol–water partition coefficient (Wildman–Crippen LogP) is 3.78. The molecule has 1 aliphatic rings. The number of carbonyl (C=O) groups excluding carboxylic acids is 1. The van der Waals surface area contributed by atoms with Crippen molar-refractivity contribution in [3.05, 3.63) is 53.7 Å². The lowest BCUT2D eigenvalue weighted by atomic mass is 10.1. The molecular weight excluding hydrogens is 392 g/mol. The van der Waals surface area contributed by atoms with Gasteiger partial charge in [-0.05, 0) is 43.0 Å². The fraction of sp³-hybridized carbons (Fsp3) is 0.333. The number of nitrogens with two attached hydrogens (primary N) is 1. The monoisotopic (exact) mass is 420 g/mol. The van der Waals surface area contributed by atoms with Crippen molar-refractivity contribution in [2.45, 2.75) is 32.2 Å². The zero-order valence-corrected chi connectivity index (χ0v) is 17.9. The summed E-state index contributed by atoms with van der Waals surface area (Å²) >= 11 is 0. The van der Waals surface area contributed by atoms with Crippen LogP contribution in [0.1, 0.15) is 35.7 Å². The van der Waals surface area contributed by atoms with Crippen LogP contribution in [0.15, 0.2) is 42.6 Å². The summed E-state index contributed by atoms with van der Waals surface area (Å²) in [5.41, 5.74) is 9.34. The Bertz CT molecular complexity index is 1080. The van der Waals surface area contributed by atoms with E-state index in [1.165, 1.54) is 24.6 Å². The van der Waals surface area contributed by atoms with E-state index in [2.05, 4.69) is 34.7 Å². The largest absolute Gasteiger partial charge is 0.493 e. The highest BCUT2D eigenvalue weighted by molar-refractivity contribution is 6.08. The molecule has 0 spiro atoms. The number of nitrogens with one attached hydrogen (secondary N) is 2. The van der Waals surface area contributed by atoms with E-state index in [1.807, 2.05) is 24.3 Å². The molecule has 0 aliphatic heterocycles. The maximum absolute atomic E-state index is 12.1. The fourth-order valence-electron chi connectivity index (χ4n) is 3.47. The second kappa shape index (κ2) is 9.22. The van der Waals surface area contributed by atoms with Crippen molar-refractivity contribution in [3.8, 4) is 11.5 Å². The summed E-state index contributed by atoms with van der Waals surface area (Å²) in [6.07, 6.45) is 4.91. The summed E-state index contributed by atoms with van der Waals surface area (Å²) in [6.45, 7) is 3.39. The average Bonchev–Trinajstić information content (AvgIpc) is 3.61. The van der Waals surface area contributed by atoms with E-state index in [9.17, 15) is 4.79 Å². The van der Waals surface area contributed by atoms with Crippen molar-refractivity contribution < 1.29 is 14.3 Å². The molecule has 0 radical (unpaired) electrons. The number of methoxy groups -OCH3 is 1. The molecular formula is C24H28N4O3. The first kappa shape index (κ1) is 20.9. The van der Waals surface area contributed by atoms with Crippen LogP contribution in [0.2, 0.25) is 0 Å². The SMILES string of the molecule is CCc1ccc(Nc2c(C(N)=O)cnc3cc(OC)c(OCCNC4CC4)cc23)cc1. The number of hydrogen-bond donors (Lipinski definition) is 3. The Morgan fingerprint density at radius 1 is 1.19 bits per heavy atom. The smallest absolute Gasteiger partial charge is 0.252 e. The number of hydrogen-bond acceptors (Lipinski definition) is 6. The fourth-order valence-corrected chi connectivity index (χ4v) is 3.47. The molecule has 0 saturated heterocycles. The van der Waals surface area contributed by atoms with Crippen LogP contribution < -0.4 is 25.8 Å². The van der Waals surface area contributed by atoms with Gasteiger partial charge in [0, 0.05) is 35.9 Å². The van der Waals surface area contributed by atoms with Crippen molar-refractivity contribution in [2.75, 3.05) is 25.6 Å². The molecule has 1 saturated carbocycles. The molecule has 1 aliphatic carbocycles. The predicted molar refractivity (Wildman–Crippen MR) is 122 cm³/mol. The summed E-state index contributed by atoms with van der Waals surface area (Å²) in [4.78, 5) is 16.5. The number of amides is 1. The van der Waals surface area contributed by atoms with E-state index >= 15 is 0 Å². The number of ether oxygens (including phenoxy) is 2. The number of aryl methyl sites for hydroxylation is 1. The lowest BCUT2D eigenvalue weighted by Gasteiger charge is -2.16. The quantitative estimate of drug-likeness (QED) is 0.432. The minimum Gasteiger partial charge on any atom is -0.493 e. The molecule has 162 valence electrons. The molecule has 31 heavy (non-hydrogen) atoms. The van der Waals surface area contributed by atoms with Gasteiger partial charge in [-0.15, -0.1) is 0 Å². The van der Waals surface area contributed by atoms with Gasteiger partial charge < -0.3 is 25.8 Å². The first-order chi connectivity index (χ1) is 15.1. The molecule has 7 nitrogen and oxygen atoms in total. The van der Waals surface area contributed by atoms with Gasteiger partial charge in [-0.3, -0.25) is 9.78 Å². The number of carbonyl (C=O) groups is 1. The normalized spacial score (nSPS) is 13.2. The van der Waals surface area contributed by atoms with Crippen LogP contribution in [0.25, 0.3) is 10.9 Å². The molecule has 1 heterocycles. The third-order valence-electron chi connectivity index (χ3n) is 5.42. The molecule has 1 fully saturated rings. The third kappa shape index (κ3) is 4.88. The average molecular weight is 421 g/mol. The molecule has 7 heteroatoms. The molecule has 4 rings (SSSR count). The Kier molecular flexibility index (Phi) is 6.23. The van der Waals surface area contributed by atoms with Crippen molar-refractivity contribution in [2.24, 2.45) is 5.73 Å². The van der Waals surface area contributed by atoms with Gasteiger partial charge in [0.1, 0.15) is 6.61 Å². The molecule has 4 N–H and O–H groups in total. The van der Waals surface area contributed by atoms with Crippen LogP contribution in [0.3, 0.4) is 0 Å². The van der Waals surface area contributed by atoms with E-state index < -0.39 is 5.91 Å². The third-order valence-corrected chi connectivity index (χ3v) is 5.42. The maximum Gasteiger partial charge on any atom is 0.252 e. The summed E-state index contributed by atoms with van der Waals surface area (Å²) in [7, 11) is 1.60. The Morgan fingerprint density at radius 2 is 1.97 bits per heavy atom. The van der Waals surface area contributed by atoms with Crippen LogP contribution >= 0.6 is 0 Å². The van der Waals surface area contributed by atoms with Crippen LogP contribution in [0, 0.1) is 0 Å². The van der Waals surface area contributed by atoms with Crippen molar-refractivity contribution in [1.82, 2.24) is 10.3 Å². The van der Waals surface area contributed by atoms with Crippen LogP contribution in [0.5, 0.6) is 11.5 Å². The van der Waals surface area contributed by atoms with Crippen LogP contribution in [0.4, 0.5) is 11.4 Å². The second-order valence-corrected chi connectivity index (χ2v) is 7.68. The molecule has 3 aromatic rings. The summed E-state index contributed by atoms with van der Waals surface area (Å²) < 4.78 is 11.5. The van der Waals surface area contributed by atoms with Crippen LogP contribution in [-0.2, 0) is 6.42 Å². The molecule has 0 unspecified atom stereocenters. The number of benzene rings is 2. The number of anilines is 2. The van der Waals surface area contributed by atoms with Gasteiger partial charge in [-0.25, -0.2) is 0 Å². The van der Waals surface area contributed by atoms with E-state index in [-0.39, 0.29) is 0 Å². The number of aromatic nitrogens is 1. The number of pyridine rings is 1. The zero-order valence-electron chi connectivity index (χ0n) is 17.9. The van der Waals surface area contributed by atoms with E-state index in [0.717, 1.165) is 24.0 Å². The van der Waals surface area contributed by atoms with E-state index in [4.69, 9.17) is 15.2 Å². The Balaban J connectivity index is 1.70. The summed E-state index contributed by atoms with van der Waals surface area (Å²) in [5, 5.41) is 7.52. The number of rotatable bonds is 10. The highest BCUT2D eigenvalue weighted by Crippen LogP contribution is 2.37. The van der Waals surface area contributed by atoms with Gasteiger partial charge in [0.25, 0.3) is 5.91 Å². The Hall–Kier alpha value is -3.32. The number of nitrogens with zero attached hydrogens (tertiary/aromatic N) is 1. The summed E-state index contributed by atoms with van der Waals surface area (Å²) in [5.74, 6) is 0.644. The van der Waals surface area contributed by atoms with Gasteiger partial charge in [0.15, 0.2) is 11.5 Å². The van der Waals surface area contributed by atoms with Gasteiger partial charge in [-0.1, -0.05) is 19.1 Å². The van der Waals surface area contributed by atoms with Crippen molar-refractivity contribution in [3.63, 3.8) is 0 Å². The standard InChI is InChI=1S/C24H28N4O3/c1-3-15-4-6-17(7-5-15)28-23-18-12-22(31-11-10-26-16-8-9-16)21(30-2)13-20(18)27-14-19(23)24(25)29/h4-7,12-14,16,26H,3,8-11H2,1-2H3,(H2,25,29)(H,27,28). The topological polar surface area (TPSA) is 98.5 Å². The van der Waals surface area contributed by atoms with Crippen LogP contribution in [-0.4, -0.2) is 37.2 Å². The van der Waals surface area contributed by atoms with Crippen molar-refractivity contribution in [1.29, 1.82) is 0 Å². The van der Waals surface area contributed by atoms with Gasteiger partial charge in [-0.2, -0.15) is 0 Å². The van der Waals surface area contributed by atoms with Gasteiger partial charge >= 0.3 is 0 Å². The minimum atomic E-state index is -0.547. The van der Waals surface area contributed by atoms with E-state index in [0.29, 0.717) is 40.9 Å². The first-order valence-electron chi connectivity index (χ1n) is 10.6. The Morgan fingerprint density at radius 3 is 2.61 bits per heavy atom. The van der Waals surface area contributed by atoms with Gasteiger partial charge in [0.05, 0.1) is 23.9 Å². The number of fused-ring (bicyclic) bond motifs is 1. The lowest BCUT2D eigenvalue weighted by molar-refractivity contribution is 0.100. The highest BCUT2D eigenvalue weighted by atomic mass is 16.5. The lowest BCUT2D eigenvalue weighted by Crippen LogP contribution is -2.22. The molecule has 1 aromatic heterocycles. The second-order valence-electron chi connectivity index (χ2n) is 7.68. The van der Waals surface area contributed by atoms with E-state index in [1.54, 1.807) is 7.11 Å². The first-order valence-corrected chi connectivity index (χ1v) is 10.6. The molecule has 0 atom stereocenters. The molecule has 0 bridgehead atoms. The number of primary amides is 1. The molecule has 2 aromatic carbocycles. The van der Waals surface area contributed by atoms with Crippen molar-refractivity contribution >= 4 is 28.2 Å². The maximum atomic E-state index is 12.1. The van der Waals surface area contributed by atoms with Gasteiger partial charge in [0.2, 0.25) is 0 Å². The zero-order chi connectivity index (χ0) is 21.8. The highest BCUT2D eigenvalue weighted by Gasteiger charge is 2.20. The minimum absolute atomic E-state index is 0.318.